The quantitative estimate of drug-likeness (QED) is 0.394. The molecule has 1 aromatic carbocycles. The van der Waals surface area contributed by atoms with Gasteiger partial charge in [0.15, 0.2) is 5.82 Å². The number of fused-ring (bicyclic) bond motifs is 4. The molecule has 216 valence electrons. The number of benzene rings is 1. The van der Waals surface area contributed by atoms with Crippen LogP contribution in [0.1, 0.15) is 42.7 Å². The van der Waals surface area contributed by atoms with Gasteiger partial charge in [-0.05, 0) is 68.3 Å². The molecule has 3 aromatic rings. The van der Waals surface area contributed by atoms with Gasteiger partial charge in [0.1, 0.15) is 23.6 Å². The molecule has 0 N–H and O–H groups in total. The molecule has 3 fully saturated rings. The fourth-order valence-electron chi connectivity index (χ4n) is 7.13. The van der Waals surface area contributed by atoms with E-state index < -0.39 is 5.82 Å². The number of piperazine rings is 1. The number of likely N-dealkylation sites (N-methyl/N-ethyl adjacent to an activating group) is 1. The predicted octanol–water partition coefficient (Wildman–Crippen LogP) is 4.08. The zero-order valence-electron chi connectivity index (χ0n) is 23.8. The van der Waals surface area contributed by atoms with Gasteiger partial charge >= 0.3 is 6.01 Å². The molecule has 42 heavy (non-hydrogen) atoms. The molecule has 0 radical (unpaired) electrons. The summed E-state index contributed by atoms with van der Waals surface area (Å²) >= 11 is 0. The summed E-state index contributed by atoms with van der Waals surface area (Å²) in [6.45, 7) is 6.24. The molecular weight excluding hydrogens is 533 g/mol. The minimum atomic E-state index is -0.484. The summed E-state index contributed by atoms with van der Waals surface area (Å²) < 4.78 is 22.7. The van der Waals surface area contributed by atoms with Crippen LogP contribution in [0, 0.1) is 23.1 Å². The van der Waals surface area contributed by atoms with Crippen LogP contribution in [0.2, 0.25) is 0 Å². The first-order chi connectivity index (χ1) is 20.5. The second-order valence-electron chi connectivity index (χ2n) is 12.0. The van der Waals surface area contributed by atoms with Crippen LogP contribution < -0.4 is 9.64 Å². The number of carbonyl (C=O) groups is 1. The SMILES string of the molecule is C=CC(=O)N1CCN(c2nc(OC[C@@H]3CCCN3C)nc3c(F)c(-c4cccc5c4C[C@H]4C[C@@H]54)ncc23)C[C@@H]1CC#N. The van der Waals surface area contributed by atoms with Gasteiger partial charge in [-0.25, -0.2) is 4.39 Å². The molecule has 2 aliphatic heterocycles. The number of halogens is 1. The van der Waals surface area contributed by atoms with Crippen molar-refractivity contribution in [1.82, 2.24) is 24.8 Å². The zero-order valence-corrected chi connectivity index (χ0v) is 23.8. The summed E-state index contributed by atoms with van der Waals surface area (Å²) in [6.07, 6.45) is 7.40. The van der Waals surface area contributed by atoms with Gasteiger partial charge in [-0.3, -0.25) is 9.78 Å². The number of nitriles is 1. The number of hydrogen-bond donors (Lipinski definition) is 0. The number of hydrogen-bond acceptors (Lipinski definition) is 8. The van der Waals surface area contributed by atoms with Crippen molar-refractivity contribution in [2.45, 2.75) is 50.1 Å². The second kappa shape index (κ2) is 10.6. The fraction of sp³-hybridized carbons (Fsp3) is 0.469. The van der Waals surface area contributed by atoms with Crippen LogP contribution in [-0.4, -0.2) is 82.6 Å². The standard InChI is InChI=1S/C32H34FN7O2/c1-3-27(41)40-13-12-39(17-20(40)9-10-34)31-26-16-35-29(23-8-4-7-22-24-14-19(24)15-25(22)23)28(33)30(26)36-32(37-31)42-18-21-6-5-11-38(21)2/h3-4,7-8,16,19-21,24H,1,5-6,9,11-15,17-18H2,2H3/t19-,20+,21+,24-/m1/s1. The molecule has 9 nitrogen and oxygen atoms in total. The molecule has 4 aliphatic rings. The van der Waals surface area contributed by atoms with E-state index in [1.54, 1.807) is 11.1 Å². The highest BCUT2D eigenvalue weighted by atomic mass is 19.1. The number of carbonyl (C=O) groups excluding carboxylic acids is 1. The molecule has 7 rings (SSSR count). The molecule has 2 aliphatic carbocycles. The van der Waals surface area contributed by atoms with Gasteiger partial charge < -0.3 is 19.4 Å². The number of ether oxygens (including phenoxy) is 1. The topological polar surface area (TPSA) is 98.5 Å². The van der Waals surface area contributed by atoms with E-state index in [4.69, 9.17) is 9.72 Å². The van der Waals surface area contributed by atoms with Crippen molar-refractivity contribution in [1.29, 1.82) is 5.26 Å². The third kappa shape index (κ3) is 4.56. The van der Waals surface area contributed by atoms with E-state index >= 15 is 4.39 Å². The lowest BCUT2D eigenvalue weighted by molar-refractivity contribution is -0.128. The Balaban J connectivity index is 1.29. The van der Waals surface area contributed by atoms with Gasteiger partial charge in [0.2, 0.25) is 5.91 Å². The number of pyridine rings is 1. The van der Waals surface area contributed by atoms with Crippen molar-refractivity contribution < 1.29 is 13.9 Å². The minimum absolute atomic E-state index is 0.120. The van der Waals surface area contributed by atoms with Gasteiger partial charge in [-0.2, -0.15) is 15.2 Å². The summed E-state index contributed by atoms with van der Waals surface area (Å²) in [6, 6.07) is 8.32. The summed E-state index contributed by atoms with van der Waals surface area (Å²) in [5.74, 6) is 1.07. The Bertz CT molecular complexity index is 1620. The predicted molar refractivity (Wildman–Crippen MR) is 157 cm³/mol. The maximum Gasteiger partial charge on any atom is 0.319 e. The fourth-order valence-corrected chi connectivity index (χ4v) is 7.13. The number of aromatic nitrogens is 3. The lowest BCUT2D eigenvalue weighted by Crippen LogP contribution is -2.55. The van der Waals surface area contributed by atoms with Gasteiger partial charge in [0.05, 0.1) is 23.9 Å². The molecule has 2 aromatic heterocycles. The highest BCUT2D eigenvalue weighted by Gasteiger charge is 2.46. The molecule has 1 amide bonds. The molecule has 0 bridgehead atoms. The molecule has 4 atom stereocenters. The third-order valence-electron chi connectivity index (χ3n) is 9.54. The molecule has 1 saturated carbocycles. The van der Waals surface area contributed by atoms with E-state index in [1.807, 2.05) is 17.0 Å². The van der Waals surface area contributed by atoms with E-state index in [0.29, 0.717) is 55.0 Å². The van der Waals surface area contributed by atoms with E-state index in [2.05, 4.69) is 40.6 Å². The molecule has 4 heterocycles. The number of likely N-dealkylation sites (tertiary alicyclic amines) is 1. The van der Waals surface area contributed by atoms with E-state index in [0.717, 1.165) is 31.4 Å². The molecule has 2 saturated heterocycles. The van der Waals surface area contributed by atoms with Crippen LogP contribution in [0.3, 0.4) is 0 Å². The maximum absolute atomic E-state index is 16.5. The van der Waals surface area contributed by atoms with Crippen molar-refractivity contribution >= 4 is 22.6 Å². The van der Waals surface area contributed by atoms with E-state index in [1.165, 1.54) is 23.6 Å². The Hall–Kier alpha value is -4.10. The molecule has 0 spiro atoms. The van der Waals surface area contributed by atoms with Crippen LogP contribution in [-0.2, 0) is 11.2 Å². The Morgan fingerprint density at radius 2 is 2.14 bits per heavy atom. The molecule has 0 unspecified atom stereocenters. The Kier molecular flexibility index (Phi) is 6.77. The van der Waals surface area contributed by atoms with E-state index in [9.17, 15) is 10.1 Å². The average Bonchev–Trinajstić information content (AvgIpc) is 3.50. The Morgan fingerprint density at radius 3 is 2.93 bits per heavy atom. The number of nitrogens with zero attached hydrogens (tertiary/aromatic N) is 7. The first-order valence-corrected chi connectivity index (χ1v) is 14.8. The number of rotatable bonds is 7. The van der Waals surface area contributed by atoms with Crippen molar-refractivity contribution in [3.63, 3.8) is 0 Å². The average molecular weight is 568 g/mol. The summed E-state index contributed by atoms with van der Waals surface area (Å²) in [7, 11) is 2.08. The highest BCUT2D eigenvalue weighted by molar-refractivity contribution is 5.93. The zero-order chi connectivity index (χ0) is 29.0. The maximum atomic E-state index is 16.5. The van der Waals surface area contributed by atoms with Crippen molar-refractivity contribution in [2.75, 3.05) is 44.7 Å². The Labute approximate surface area is 244 Å². The van der Waals surface area contributed by atoms with Crippen LogP contribution >= 0.6 is 0 Å². The minimum Gasteiger partial charge on any atom is -0.462 e. The third-order valence-corrected chi connectivity index (χ3v) is 9.54. The molecular formula is C32H34FN7O2. The highest BCUT2D eigenvalue weighted by Crippen LogP contribution is 2.57. The summed E-state index contributed by atoms with van der Waals surface area (Å²) in [4.78, 5) is 32.4. The monoisotopic (exact) mass is 567 g/mol. The van der Waals surface area contributed by atoms with Gasteiger partial charge in [0.25, 0.3) is 0 Å². The normalized spacial score (nSPS) is 24.8. The van der Waals surface area contributed by atoms with Crippen molar-refractivity contribution in [3.8, 4) is 23.3 Å². The first-order valence-electron chi connectivity index (χ1n) is 14.8. The van der Waals surface area contributed by atoms with Crippen molar-refractivity contribution in [2.24, 2.45) is 5.92 Å². The van der Waals surface area contributed by atoms with Crippen molar-refractivity contribution in [3.05, 3.63) is 54.0 Å². The van der Waals surface area contributed by atoms with Crippen LogP contribution in [0.15, 0.2) is 37.1 Å². The lowest BCUT2D eigenvalue weighted by atomic mass is 9.96. The smallest absolute Gasteiger partial charge is 0.319 e. The summed E-state index contributed by atoms with van der Waals surface area (Å²) in [5.41, 5.74) is 3.82. The number of amides is 1. The van der Waals surface area contributed by atoms with Gasteiger partial charge in [-0.15, -0.1) is 0 Å². The molecule has 10 heteroatoms. The van der Waals surface area contributed by atoms with E-state index in [-0.39, 0.29) is 35.9 Å². The summed E-state index contributed by atoms with van der Waals surface area (Å²) in [5, 5.41) is 9.96. The first kappa shape index (κ1) is 26.8. The van der Waals surface area contributed by atoms with Gasteiger partial charge in [0, 0.05) is 37.4 Å². The lowest BCUT2D eigenvalue weighted by Gasteiger charge is -2.41. The largest absolute Gasteiger partial charge is 0.462 e. The van der Waals surface area contributed by atoms with Gasteiger partial charge in [-0.1, -0.05) is 24.8 Å². The Morgan fingerprint density at radius 1 is 1.26 bits per heavy atom. The van der Waals surface area contributed by atoms with Crippen LogP contribution in [0.4, 0.5) is 10.2 Å². The van der Waals surface area contributed by atoms with Crippen LogP contribution in [0.5, 0.6) is 6.01 Å². The number of anilines is 1. The van der Waals surface area contributed by atoms with Crippen LogP contribution in [0.25, 0.3) is 22.2 Å². The second-order valence-corrected chi connectivity index (χ2v) is 12.0.